The quantitative estimate of drug-likeness (QED) is 0.577. The largest absolute Gasteiger partial charge is 0.476 e. The van der Waals surface area contributed by atoms with Crippen molar-refractivity contribution in [3.8, 4) is 0 Å². The molecule has 0 N–H and O–H groups in total. The van der Waals surface area contributed by atoms with E-state index in [0.717, 1.165) is 5.56 Å². The Labute approximate surface area is 159 Å². The van der Waals surface area contributed by atoms with Crippen LogP contribution >= 0.6 is 11.8 Å². The molecule has 0 bridgehead atoms. The molecule has 0 aliphatic rings. The Balaban J connectivity index is 2.54. The number of methoxy groups -OCH3 is 1. The van der Waals surface area contributed by atoms with Gasteiger partial charge in [0.05, 0.1) is 12.0 Å². The Morgan fingerprint density at radius 3 is 2.19 bits per heavy atom. The fourth-order valence-electron chi connectivity index (χ4n) is 2.01. The lowest BCUT2D eigenvalue weighted by Gasteiger charge is -2.09. The van der Waals surface area contributed by atoms with Gasteiger partial charge in [0.2, 0.25) is 0 Å². The second kappa shape index (κ2) is 9.00. The number of rotatable bonds is 4. The van der Waals surface area contributed by atoms with Crippen LogP contribution in [0.15, 0.2) is 68.9 Å². The molecule has 0 atom stereocenters. The van der Waals surface area contributed by atoms with Crippen molar-refractivity contribution in [3.05, 3.63) is 65.7 Å². The molecule has 0 aliphatic carbocycles. The smallest absolute Gasteiger partial charge is 0.284 e. The van der Waals surface area contributed by atoms with Crippen LogP contribution in [0, 0.1) is 6.92 Å². The molecule has 0 heterocycles. The van der Waals surface area contributed by atoms with Gasteiger partial charge in [-0.3, -0.25) is 0 Å². The molecule has 0 aromatic heterocycles. The van der Waals surface area contributed by atoms with Crippen LogP contribution in [0.3, 0.4) is 0 Å². The molecular weight excluding hydrogens is 368 g/mol. The molecule has 2 aromatic rings. The third kappa shape index (κ3) is 5.71. The summed E-state index contributed by atoms with van der Waals surface area (Å²) in [5.74, 6) is 0.0937. The summed E-state index contributed by atoms with van der Waals surface area (Å²) in [6, 6.07) is 15.6. The number of thioether (sulfide) groups is 1. The summed E-state index contributed by atoms with van der Waals surface area (Å²) in [6.07, 6.45) is 0. The van der Waals surface area contributed by atoms with E-state index in [4.69, 9.17) is 4.74 Å². The predicted molar refractivity (Wildman–Crippen MR) is 109 cm³/mol. The zero-order valence-electron chi connectivity index (χ0n) is 15.2. The number of benzene rings is 2. The summed E-state index contributed by atoms with van der Waals surface area (Å²) in [5, 5.41) is 0.598. The van der Waals surface area contributed by atoms with E-state index in [0.29, 0.717) is 10.8 Å². The maximum absolute atomic E-state index is 12.7. The monoisotopic (exact) mass is 390 g/mol. The number of ether oxygens (including phenoxy) is 1. The lowest BCUT2D eigenvalue weighted by Crippen LogP contribution is -2.09. The van der Waals surface area contributed by atoms with Gasteiger partial charge in [0.15, 0.2) is 5.84 Å². The van der Waals surface area contributed by atoms with Crippen molar-refractivity contribution >= 4 is 32.9 Å². The summed E-state index contributed by atoms with van der Waals surface area (Å²) in [5.41, 5.74) is 1.58. The highest BCUT2D eigenvalue weighted by atomic mass is 32.2. The van der Waals surface area contributed by atoms with Crippen LogP contribution < -0.4 is 0 Å². The van der Waals surface area contributed by atoms with Gasteiger partial charge in [-0.2, -0.15) is 13.4 Å². The van der Waals surface area contributed by atoms with Crippen LogP contribution in [0.4, 0.5) is 0 Å². The number of hydrogen-bond acceptors (Lipinski definition) is 4. The van der Waals surface area contributed by atoms with Gasteiger partial charge in [0, 0.05) is 10.8 Å². The number of aryl methyl sites for hydroxylation is 1. The maximum atomic E-state index is 12.7. The van der Waals surface area contributed by atoms with Crippen molar-refractivity contribution in [2.24, 2.45) is 9.39 Å². The molecule has 2 rings (SSSR count). The first kappa shape index (κ1) is 20.2. The van der Waals surface area contributed by atoms with Gasteiger partial charge < -0.3 is 4.74 Å². The summed E-state index contributed by atoms with van der Waals surface area (Å²) in [4.78, 5) is 4.49. The van der Waals surface area contributed by atoms with Crippen molar-refractivity contribution in [1.29, 1.82) is 0 Å². The van der Waals surface area contributed by atoms with Gasteiger partial charge in [0.1, 0.15) is 0 Å². The van der Waals surface area contributed by atoms with Gasteiger partial charge >= 0.3 is 0 Å². The summed E-state index contributed by atoms with van der Waals surface area (Å²) >= 11 is 1.40. The fraction of sp³-hybridized carbons (Fsp3) is 0.263. The number of sulfonamides is 1. The van der Waals surface area contributed by atoms with E-state index >= 15 is 0 Å². The molecule has 0 aliphatic heterocycles. The second-order valence-corrected chi connectivity index (χ2v) is 8.95. The molecule has 0 spiro atoms. The van der Waals surface area contributed by atoms with E-state index in [2.05, 4.69) is 9.39 Å². The molecule has 0 unspecified atom stereocenters. The molecule has 138 valence electrons. The van der Waals surface area contributed by atoms with Crippen LogP contribution in [0.2, 0.25) is 0 Å². The van der Waals surface area contributed by atoms with Crippen molar-refractivity contribution in [2.45, 2.75) is 30.9 Å². The highest BCUT2D eigenvalue weighted by Crippen LogP contribution is 2.18. The molecule has 0 saturated heterocycles. The van der Waals surface area contributed by atoms with Crippen molar-refractivity contribution in [2.75, 3.05) is 7.11 Å². The predicted octanol–water partition coefficient (Wildman–Crippen LogP) is 4.27. The highest BCUT2D eigenvalue weighted by Gasteiger charge is 2.16. The molecule has 0 radical (unpaired) electrons. The highest BCUT2D eigenvalue weighted by molar-refractivity contribution is 8.14. The van der Waals surface area contributed by atoms with Crippen molar-refractivity contribution in [3.63, 3.8) is 0 Å². The van der Waals surface area contributed by atoms with Crippen LogP contribution in [0.25, 0.3) is 0 Å². The molecule has 5 nitrogen and oxygen atoms in total. The number of hydrogen-bond donors (Lipinski definition) is 0. The van der Waals surface area contributed by atoms with Gasteiger partial charge in [0.25, 0.3) is 15.3 Å². The average molecular weight is 391 g/mol. The fourth-order valence-corrected chi connectivity index (χ4v) is 3.61. The van der Waals surface area contributed by atoms with Gasteiger partial charge in [-0.05, 0) is 19.1 Å². The minimum absolute atomic E-state index is 0.0937. The minimum Gasteiger partial charge on any atom is -0.476 e. The van der Waals surface area contributed by atoms with Gasteiger partial charge in [-0.15, -0.1) is 4.40 Å². The van der Waals surface area contributed by atoms with Crippen LogP contribution in [0.1, 0.15) is 25.0 Å². The van der Waals surface area contributed by atoms with Crippen molar-refractivity contribution in [1.82, 2.24) is 0 Å². The minimum atomic E-state index is -3.89. The van der Waals surface area contributed by atoms with E-state index in [-0.39, 0.29) is 16.0 Å². The van der Waals surface area contributed by atoms with E-state index < -0.39 is 10.0 Å². The van der Waals surface area contributed by atoms with Crippen LogP contribution in [-0.2, 0) is 14.8 Å². The first-order valence-corrected chi connectivity index (χ1v) is 10.4. The second-order valence-electron chi connectivity index (χ2n) is 5.82. The molecule has 0 amide bonds. The van der Waals surface area contributed by atoms with E-state index in [9.17, 15) is 8.42 Å². The molecule has 0 fully saturated rings. The first-order chi connectivity index (χ1) is 12.3. The standard InChI is InChI=1S/C19H22N2O3S2/c1-14(2)25-19(24-4)20-18(16-8-6-5-7-9-16)21-26(22,23)17-12-10-15(3)11-13-17/h5-14H,1-4H3. The molecule has 0 saturated carbocycles. The van der Waals surface area contributed by atoms with Gasteiger partial charge in [-0.1, -0.05) is 73.6 Å². The molecule has 2 aromatic carbocycles. The lowest BCUT2D eigenvalue weighted by atomic mass is 10.2. The average Bonchev–Trinajstić information content (AvgIpc) is 2.61. The number of amidine groups is 1. The van der Waals surface area contributed by atoms with E-state index in [1.807, 2.05) is 26.8 Å². The number of aliphatic imine (C=N–C) groups is 1. The first-order valence-electron chi connectivity index (χ1n) is 8.08. The van der Waals surface area contributed by atoms with Crippen LogP contribution in [0.5, 0.6) is 0 Å². The van der Waals surface area contributed by atoms with E-state index in [1.54, 1.807) is 48.5 Å². The summed E-state index contributed by atoms with van der Waals surface area (Å²) in [6.45, 7) is 5.90. The third-order valence-electron chi connectivity index (χ3n) is 3.27. The Morgan fingerprint density at radius 2 is 1.65 bits per heavy atom. The van der Waals surface area contributed by atoms with E-state index in [1.165, 1.54) is 18.9 Å². The van der Waals surface area contributed by atoms with Crippen LogP contribution in [-0.4, -0.2) is 31.8 Å². The Morgan fingerprint density at radius 1 is 1.04 bits per heavy atom. The molecule has 26 heavy (non-hydrogen) atoms. The van der Waals surface area contributed by atoms with Crippen molar-refractivity contribution < 1.29 is 13.2 Å². The topological polar surface area (TPSA) is 68.1 Å². The normalized spacial score (nSPS) is 13.1. The molecular formula is C19H22N2O3S2. The summed E-state index contributed by atoms with van der Waals surface area (Å²) in [7, 11) is -2.39. The lowest BCUT2D eigenvalue weighted by molar-refractivity contribution is 0.416. The Hall–Kier alpha value is -2.12. The number of nitrogens with zero attached hydrogens (tertiary/aromatic N) is 2. The zero-order valence-corrected chi connectivity index (χ0v) is 16.8. The molecule has 7 heteroatoms. The Bertz CT molecular complexity index is 888. The SMILES string of the molecule is COC(=NC(=NS(=O)(=O)c1ccc(C)cc1)c1ccccc1)SC(C)C. The zero-order chi connectivity index (χ0) is 19.2. The Kier molecular flexibility index (Phi) is 6.99. The third-order valence-corrected chi connectivity index (χ3v) is 5.48. The maximum Gasteiger partial charge on any atom is 0.284 e. The van der Waals surface area contributed by atoms with Gasteiger partial charge in [-0.25, -0.2) is 0 Å². The summed E-state index contributed by atoms with van der Waals surface area (Å²) < 4.78 is 34.7.